The Balaban J connectivity index is 0.994. The van der Waals surface area contributed by atoms with Gasteiger partial charge in [-0.1, -0.05) is 44.2 Å². The van der Waals surface area contributed by atoms with Gasteiger partial charge in [0.15, 0.2) is 5.82 Å². The zero-order chi connectivity index (χ0) is 65.1. The summed E-state index contributed by atoms with van der Waals surface area (Å²) in [5, 5.41) is 54.1. The molecule has 33 heteroatoms. The van der Waals surface area contributed by atoms with Gasteiger partial charge in [-0.25, -0.2) is 49.6 Å². The molecule has 27 nitrogen and oxygen atoms in total. The van der Waals surface area contributed by atoms with Gasteiger partial charge in [0, 0.05) is 52.0 Å². The second-order valence-electron chi connectivity index (χ2n) is 21.6. The van der Waals surface area contributed by atoms with E-state index < -0.39 is 95.8 Å². The van der Waals surface area contributed by atoms with Crippen molar-refractivity contribution < 1.29 is 58.4 Å². The number of aryl methyl sites for hydroxylation is 1. The van der Waals surface area contributed by atoms with Crippen LogP contribution in [0.3, 0.4) is 0 Å². The van der Waals surface area contributed by atoms with Crippen molar-refractivity contribution in [2.75, 3.05) is 25.6 Å². The van der Waals surface area contributed by atoms with Crippen LogP contribution >= 0.6 is 68.0 Å². The number of amides is 6. The Kier molecular flexibility index (Phi) is 19.6. The number of nitrogens with one attached hydrogen (secondary N) is 6. The molecule has 9 N–H and O–H groups in total. The summed E-state index contributed by atoms with van der Waals surface area (Å²) in [4.78, 5) is 151. The van der Waals surface area contributed by atoms with E-state index in [2.05, 4.69) is 36.6 Å². The number of thiazole rings is 6. The number of aliphatic hydroxyl groups is 1. The average molecular weight is 1360 g/mol. The molecule has 9 aromatic rings. The first-order chi connectivity index (χ1) is 44.2. The number of hydrogen-bond donors (Lipinski definition) is 9. The molecular weight excluding hydrogens is 1300 g/mol. The maximum atomic E-state index is 14.5. The normalized spacial score (nSPS) is 18.4. The summed E-state index contributed by atoms with van der Waals surface area (Å²) in [5.74, 6) is -7.52. The molecule has 0 unspecified atom stereocenters. The first-order valence-corrected chi connectivity index (χ1v) is 33.7. The van der Waals surface area contributed by atoms with Crippen LogP contribution in [0.4, 0.5) is 11.6 Å². The molecule has 1 aromatic carbocycles. The zero-order valence-corrected chi connectivity index (χ0v) is 54.3. The number of nitrogens with zero attached hydrogens (tertiary/aromatic N) is 9. The molecule has 1 aliphatic heterocycles. The number of carbonyl (C=O) groups is 8. The fourth-order valence-corrected chi connectivity index (χ4v) is 15.9. The van der Waals surface area contributed by atoms with Gasteiger partial charge in [0.05, 0.1) is 54.3 Å². The molecule has 9 heterocycles. The van der Waals surface area contributed by atoms with E-state index in [1.807, 2.05) is 13.8 Å². The fraction of sp³-hybridized carbons (Fsp3) is 0.322. The largest absolute Gasteiger partial charge is 0.481 e. The van der Waals surface area contributed by atoms with Gasteiger partial charge in [-0.15, -0.1) is 68.0 Å². The van der Waals surface area contributed by atoms with Crippen LogP contribution in [0.1, 0.15) is 143 Å². The molecule has 1 saturated carbocycles. The van der Waals surface area contributed by atoms with Gasteiger partial charge in [-0.2, -0.15) is 0 Å². The number of anilines is 2. The Bertz CT molecular complexity index is 4280. The number of carboxylic acid groups (broad SMARTS) is 2. The number of imidazole rings is 1. The van der Waals surface area contributed by atoms with Gasteiger partial charge in [-0.3, -0.25) is 33.6 Å². The summed E-state index contributed by atoms with van der Waals surface area (Å²) < 4.78 is 5.46. The first kappa shape index (κ1) is 64.6. The van der Waals surface area contributed by atoms with E-state index in [-0.39, 0.29) is 84.0 Å². The lowest BCUT2D eigenvalue weighted by Crippen LogP contribution is -2.40. The number of ether oxygens (including phenoxy) is 1. The SMILES string of the molecule is CNC(=O)C[C@@H]1NC(=O)c2csc(n2)-c2ccc(-c3nc(N(C(=O)C4CCC(C(=O)O)CC4)c4cnc(C(=O)O)[nH]4)cs3)nc2-c2csc(n2)-c2csc(n2)[C@H]([C@@H](O)c2ccccc2)NC(=O)CNC(=O)c2nc(sc2COC)[C@H](C(C)C)NC(=O)c2nc1sc2C. The van der Waals surface area contributed by atoms with Gasteiger partial charge in [0.2, 0.25) is 23.5 Å². The molecule has 476 valence electrons. The molecule has 2 aliphatic rings. The van der Waals surface area contributed by atoms with E-state index in [0.29, 0.717) is 63.0 Å². The molecule has 0 saturated heterocycles. The van der Waals surface area contributed by atoms with Crippen LogP contribution in [-0.2, 0) is 30.5 Å². The van der Waals surface area contributed by atoms with Crippen LogP contribution in [0.25, 0.3) is 43.4 Å². The van der Waals surface area contributed by atoms with E-state index in [9.17, 15) is 53.7 Å². The van der Waals surface area contributed by atoms with Gasteiger partial charge in [0.25, 0.3) is 17.7 Å². The second kappa shape index (κ2) is 27.9. The number of aliphatic hydroxyl groups excluding tert-OH is 1. The van der Waals surface area contributed by atoms with Crippen molar-refractivity contribution in [3.8, 4) is 43.4 Å². The van der Waals surface area contributed by atoms with Gasteiger partial charge < -0.3 is 51.6 Å². The average Bonchev–Trinajstić information content (AvgIpc) is 1.73. The maximum Gasteiger partial charge on any atom is 0.371 e. The van der Waals surface area contributed by atoms with Crippen molar-refractivity contribution in [1.29, 1.82) is 0 Å². The third-order valence-electron chi connectivity index (χ3n) is 15.1. The van der Waals surface area contributed by atoms with Crippen LogP contribution < -0.4 is 31.5 Å². The van der Waals surface area contributed by atoms with Crippen molar-refractivity contribution in [3.63, 3.8) is 0 Å². The van der Waals surface area contributed by atoms with E-state index in [1.165, 1.54) is 36.6 Å². The quantitative estimate of drug-likeness (QED) is 0.0524. The summed E-state index contributed by atoms with van der Waals surface area (Å²) >= 11 is 6.91. The highest BCUT2D eigenvalue weighted by Gasteiger charge is 2.37. The number of carboxylic acids is 2. The number of benzene rings is 1. The predicted molar refractivity (Wildman–Crippen MR) is 343 cm³/mol. The number of hydrogen-bond acceptors (Lipinski definition) is 24. The van der Waals surface area contributed by atoms with Crippen LogP contribution in [0.2, 0.25) is 0 Å². The monoisotopic (exact) mass is 1360 g/mol. The predicted octanol–water partition coefficient (Wildman–Crippen LogP) is 8.29. The molecule has 6 amide bonds. The Labute approximate surface area is 547 Å². The molecule has 11 rings (SSSR count). The Morgan fingerprint density at radius 1 is 0.696 bits per heavy atom. The Hall–Kier alpha value is -8.96. The minimum absolute atomic E-state index is 0.0179. The zero-order valence-electron chi connectivity index (χ0n) is 49.4. The number of aromatic nitrogens is 9. The number of methoxy groups -OCH3 is 1. The van der Waals surface area contributed by atoms with Crippen molar-refractivity contribution in [2.24, 2.45) is 17.8 Å². The molecular formula is C59H57N15O12S6. The van der Waals surface area contributed by atoms with Crippen LogP contribution in [-0.4, -0.2) is 128 Å². The number of carbonyl (C=O) groups excluding carboxylic acids is 6. The highest BCUT2D eigenvalue weighted by molar-refractivity contribution is 7.15. The number of aliphatic carboxylic acids is 1. The van der Waals surface area contributed by atoms with Gasteiger partial charge in [0.1, 0.15) is 82.2 Å². The van der Waals surface area contributed by atoms with Crippen molar-refractivity contribution in [1.82, 2.24) is 71.4 Å². The molecule has 4 atom stereocenters. The number of fused-ring (bicyclic) bond motifs is 14. The van der Waals surface area contributed by atoms with Crippen LogP contribution in [0, 0.1) is 24.7 Å². The summed E-state index contributed by atoms with van der Waals surface area (Å²) in [6.07, 6.45) is 0.732. The van der Waals surface area contributed by atoms with Crippen molar-refractivity contribution >= 4 is 127 Å². The summed E-state index contributed by atoms with van der Waals surface area (Å²) in [6, 6.07) is 9.18. The molecule has 1 aliphatic carbocycles. The Morgan fingerprint density at radius 2 is 1.39 bits per heavy atom. The smallest absolute Gasteiger partial charge is 0.371 e. The lowest BCUT2D eigenvalue weighted by molar-refractivity contribution is -0.144. The van der Waals surface area contributed by atoms with Crippen molar-refractivity contribution in [3.05, 3.63) is 123 Å². The lowest BCUT2D eigenvalue weighted by Gasteiger charge is -2.29. The standard InChI is InChI=1S/C59H57N15O12S6/c1-25(2)41-56-73-44(36(92-56)20-86-5)49(79)62-19-40(76)70-45(46(77)27-9-7-6-8-10-27)55-67-35(23-89-55)53-65-33(21-88-53)43-30(51-66-34(22-87-51)48(78)64-32(17-39(75)60-4)54-72-42(26(3)91-54)50(80)71-41)15-16-31(63-43)52-69-38(24-90-52)74(37-18-61-47(68-37)59(84)85)57(81)28-11-13-29(14-12-28)58(82)83/h6-10,15-16,18,21-25,28-29,32,41,45-46,77H,11-14,17,19-20H2,1-5H3,(H,60,75)(H,61,68)(H,62,79)(H,64,78)(H,70,76)(H,71,80)(H,82,83)(H,84,85)/t28?,29?,32-,41-,45-,46-/m0/s1. The van der Waals surface area contributed by atoms with Crippen molar-refractivity contribution in [2.45, 2.75) is 83.7 Å². The highest BCUT2D eigenvalue weighted by atomic mass is 32.1. The van der Waals surface area contributed by atoms with E-state index in [0.717, 1.165) is 56.7 Å². The van der Waals surface area contributed by atoms with Gasteiger partial charge in [-0.05, 0) is 56.2 Å². The number of rotatable bonds is 13. The van der Waals surface area contributed by atoms with Crippen LogP contribution in [0.5, 0.6) is 0 Å². The topological polar surface area (TPSA) is 389 Å². The molecule has 1 fully saturated rings. The van der Waals surface area contributed by atoms with E-state index in [1.54, 1.807) is 70.9 Å². The van der Waals surface area contributed by atoms with E-state index in [4.69, 9.17) is 39.6 Å². The molecule has 0 radical (unpaired) electrons. The molecule has 10 bridgehead atoms. The fourth-order valence-electron chi connectivity index (χ4n) is 10.3. The molecule has 0 spiro atoms. The lowest BCUT2D eigenvalue weighted by atomic mass is 9.81. The van der Waals surface area contributed by atoms with E-state index >= 15 is 0 Å². The minimum Gasteiger partial charge on any atom is -0.481 e. The van der Waals surface area contributed by atoms with Crippen LogP contribution in [0.15, 0.2) is 70.2 Å². The minimum atomic E-state index is -1.36. The maximum absolute atomic E-state index is 14.5. The molecule has 92 heavy (non-hydrogen) atoms. The number of H-pyrrole nitrogens is 1. The third-order valence-corrected chi connectivity index (χ3v) is 20.8. The number of aromatic carboxylic acids is 1. The third kappa shape index (κ3) is 13.9. The number of aromatic amines is 1. The highest BCUT2D eigenvalue weighted by Crippen LogP contribution is 2.42. The summed E-state index contributed by atoms with van der Waals surface area (Å²) in [5.41, 5.74) is 2.20. The summed E-state index contributed by atoms with van der Waals surface area (Å²) in [6.45, 7) is 4.87. The number of pyridine rings is 1. The molecule has 8 aromatic heterocycles. The second-order valence-corrected chi connectivity index (χ2v) is 27.4. The Morgan fingerprint density at radius 3 is 2.11 bits per heavy atom. The van der Waals surface area contributed by atoms with Gasteiger partial charge >= 0.3 is 11.9 Å². The summed E-state index contributed by atoms with van der Waals surface area (Å²) in [7, 11) is 2.91. The first-order valence-electron chi connectivity index (χ1n) is 28.5.